The molecule has 1 amide bonds. The minimum atomic E-state index is -0.237. The second-order valence-electron chi connectivity index (χ2n) is 6.83. The van der Waals surface area contributed by atoms with Crippen LogP contribution in [0.4, 0.5) is 0 Å². The molecule has 0 bridgehead atoms. The number of hydrogen-bond acceptors (Lipinski definition) is 2. The van der Waals surface area contributed by atoms with Crippen molar-refractivity contribution in [2.75, 3.05) is 13.6 Å². The predicted molar refractivity (Wildman–Crippen MR) is 82.5 cm³/mol. The molecule has 0 radical (unpaired) electrons. The molecule has 2 aliphatic carbocycles. The number of nitrogens with zero attached hydrogens (tertiary/aromatic N) is 2. The lowest BCUT2D eigenvalue weighted by Gasteiger charge is -2.23. The molecule has 2 unspecified atom stereocenters. The zero-order valence-corrected chi connectivity index (χ0v) is 13.3. The Morgan fingerprint density at radius 1 is 1.33 bits per heavy atom. The molecule has 116 valence electrons. The van der Waals surface area contributed by atoms with E-state index < -0.39 is 0 Å². The van der Waals surface area contributed by atoms with Crippen molar-refractivity contribution in [3.05, 3.63) is 23.0 Å². The summed E-state index contributed by atoms with van der Waals surface area (Å²) in [5, 5.41) is 9.93. The molecule has 21 heavy (non-hydrogen) atoms. The molecule has 2 saturated carbocycles. The number of amides is 1. The molecule has 0 spiro atoms. The van der Waals surface area contributed by atoms with Gasteiger partial charge in [-0.25, -0.2) is 0 Å². The highest BCUT2D eigenvalue weighted by molar-refractivity contribution is 5.95. The number of aliphatic hydroxyl groups excluding tert-OH is 1. The van der Waals surface area contributed by atoms with Crippen molar-refractivity contribution in [3.63, 3.8) is 0 Å². The van der Waals surface area contributed by atoms with E-state index in [4.69, 9.17) is 0 Å². The van der Waals surface area contributed by atoms with Gasteiger partial charge in [0.2, 0.25) is 0 Å². The maximum absolute atomic E-state index is 12.7. The number of carbonyl (C=O) groups is 1. The zero-order valence-electron chi connectivity index (χ0n) is 13.3. The first-order valence-electron chi connectivity index (χ1n) is 8.11. The number of aliphatic hydroxyl groups is 1. The van der Waals surface area contributed by atoms with E-state index in [1.54, 1.807) is 4.90 Å². The second kappa shape index (κ2) is 5.48. The highest BCUT2D eigenvalue weighted by atomic mass is 16.3. The van der Waals surface area contributed by atoms with Gasteiger partial charge >= 0.3 is 0 Å². The third-order valence-corrected chi connectivity index (χ3v) is 5.10. The van der Waals surface area contributed by atoms with Crippen LogP contribution < -0.4 is 0 Å². The van der Waals surface area contributed by atoms with Gasteiger partial charge in [-0.3, -0.25) is 4.79 Å². The fourth-order valence-electron chi connectivity index (χ4n) is 3.76. The van der Waals surface area contributed by atoms with Crippen molar-refractivity contribution in [2.24, 2.45) is 5.92 Å². The normalized spacial score (nSPS) is 25.3. The number of aromatic nitrogens is 1. The van der Waals surface area contributed by atoms with Crippen LogP contribution >= 0.6 is 0 Å². The van der Waals surface area contributed by atoms with Crippen LogP contribution in [0.2, 0.25) is 0 Å². The Morgan fingerprint density at radius 2 is 2.05 bits per heavy atom. The van der Waals surface area contributed by atoms with E-state index in [-0.39, 0.29) is 17.9 Å². The van der Waals surface area contributed by atoms with E-state index >= 15 is 0 Å². The summed E-state index contributed by atoms with van der Waals surface area (Å²) in [6.45, 7) is 4.80. The number of hydrogen-bond donors (Lipinski definition) is 1. The summed E-state index contributed by atoms with van der Waals surface area (Å²) in [6.07, 6.45) is 5.20. The van der Waals surface area contributed by atoms with Crippen molar-refractivity contribution in [2.45, 2.75) is 58.1 Å². The lowest BCUT2D eigenvalue weighted by atomic mass is 10.1. The van der Waals surface area contributed by atoms with Crippen molar-refractivity contribution in [1.29, 1.82) is 0 Å². The second-order valence-corrected chi connectivity index (χ2v) is 6.83. The van der Waals surface area contributed by atoms with Crippen LogP contribution in [-0.2, 0) is 0 Å². The fraction of sp³-hybridized carbons (Fsp3) is 0.706. The first-order valence-corrected chi connectivity index (χ1v) is 8.11. The molecule has 4 nitrogen and oxygen atoms in total. The Bertz CT molecular complexity index is 545. The highest BCUT2D eigenvalue weighted by Gasteiger charge is 2.31. The van der Waals surface area contributed by atoms with Gasteiger partial charge in [0.25, 0.3) is 5.91 Å². The zero-order chi connectivity index (χ0) is 15.1. The van der Waals surface area contributed by atoms with Crippen LogP contribution in [0.1, 0.15) is 59.9 Å². The largest absolute Gasteiger partial charge is 0.393 e. The van der Waals surface area contributed by atoms with Gasteiger partial charge in [0.1, 0.15) is 0 Å². The summed E-state index contributed by atoms with van der Waals surface area (Å²) in [6, 6.07) is 2.63. The van der Waals surface area contributed by atoms with E-state index in [1.165, 1.54) is 18.5 Å². The van der Waals surface area contributed by atoms with Crippen LogP contribution in [0.15, 0.2) is 6.07 Å². The lowest BCUT2D eigenvalue weighted by molar-refractivity contribution is 0.0693. The topological polar surface area (TPSA) is 45.5 Å². The Morgan fingerprint density at radius 3 is 2.62 bits per heavy atom. The molecule has 0 aromatic carbocycles. The number of aryl methyl sites for hydroxylation is 1. The van der Waals surface area contributed by atoms with Gasteiger partial charge in [-0.15, -0.1) is 0 Å². The average molecular weight is 290 g/mol. The van der Waals surface area contributed by atoms with Gasteiger partial charge in [-0.05, 0) is 45.6 Å². The quantitative estimate of drug-likeness (QED) is 0.926. The van der Waals surface area contributed by atoms with Crippen molar-refractivity contribution < 1.29 is 9.90 Å². The summed E-state index contributed by atoms with van der Waals surface area (Å²) in [5.41, 5.74) is 3.11. The maximum atomic E-state index is 12.7. The van der Waals surface area contributed by atoms with Gasteiger partial charge in [0, 0.05) is 36.9 Å². The van der Waals surface area contributed by atoms with Crippen LogP contribution in [0.5, 0.6) is 0 Å². The third kappa shape index (κ3) is 2.73. The number of carbonyl (C=O) groups excluding carboxylic acids is 1. The van der Waals surface area contributed by atoms with Gasteiger partial charge in [-0.2, -0.15) is 0 Å². The first-order chi connectivity index (χ1) is 9.99. The fourth-order valence-corrected chi connectivity index (χ4v) is 3.76. The molecule has 1 aromatic rings. The Balaban J connectivity index is 1.74. The smallest absolute Gasteiger partial charge is 0.255 e. The minimum absolute atomic E-state index is 0.0918. The average Bonchev–Trinajstić information content (AvgIpc) is 3.13. The SMILES string of the molecule is Cc1cc(C(=O)N(C)CC2CCCC2O)c(C)n1C1CC1. The van der Waals surface area contributed by atoms with E-state index in [0.29, 0.717) is 12.6 Å². The maximum Gasteiger partial charge on any atom is 0.255 e. The molecule has 1 N–H and O–H groups in total. The molecule has 3 rings (SSSR count). The van der Waals surface area contributed by atoms with Gasteiger partial charge in [0.05, 0.1) is 11.7 Å². The van der Waals surface area contributed by atoms with Crippen molar-refractivity contribution >= 4 is 5.91 Å². The molecule has 0 aliphatic heterocycles. The Kier molecular flexibility index (Phi) is 3.82. The van der Waals surface area contributed by atoms with Crippen LogP contribution in [0, 0.1) is 19.8 Å². The van der Waals surface area contributed by atoms with Gasteiger partial charge in [-0.1, -0.05) is 6.42 Å². The first kappa shape index (κ1) is 14.6. The summed E-state index contributed by atoms with van der Waals surface area (Å²) in [7, 11) is 1.86. The molecule has 2 fully saturated rings. The lowest BCUT2D eigenvalue weighted by Crippen LogP contribution is -2.34. The Hall–Kier alpha value is -1.29. The molecule has 1 heterocycles. The van der Waals surface area contributed by atoms with Crippen molar-refractivity contribution in [3.8, 4) is 0 Å². The minimum Gasteiger partial charge on any atom is -0.393 e. The van der Waals surface area contributed by atoms with Crippen LogP contribution in [-0.4, -0.2) is 40.2 Å². The number of rotatable bonds is 4. The van der Waals surface area contributed by atoms with E-state index in [1.807, 2.05) is 13.1 Å². The molecule has 0 saturated heterocycles. The van der Waals surface area contributed by atoms with Crippen LogP contribution in [0.25, 0.3) is 0 Å². The third-order valence-electron chi connectivity index (χ3n) is 5.10. The van der Waals surface area contributed by atoms with E-state index in [0.717, 1.165) is 30.5 Å². The molecular weight excluding hydrogens is 264 g/mol. The molecule has 1 aromatic heterocycles. The summed E-state index contributed by atoms with van der Waals surface area (Å²) >= 11 is 0. The molecule has 4 heteroatoms. The van der Waals surface area contributed by atoms with E-state index in [9.17, 15) is 9.90 Å². The predicted octanol–water partition coefficient (Wildman–Crippen LogP) is 2.67. The standard InChI is InChI=1S/C17H26N2O2/c1-11-9-15(12(2)19(11)14-7-8-14)17(21)18(3)10-13-5-4-6-16(13)20/h9,13-14,16,20H,4-8,10H2,1-3H3. The Labute approximate surface area is 126 Å². The van der Waals surface area contributed by atoms with Crippen LogP contribution in [0.3, 0.4) is 0 Å². The molecular formula is C17H26N2O2. The van der Waals surface area contributed by atoms with Gasteiger partial charge in [0.15, 0.2) is 0 Å². The van der Waals surface area contributed by atoms with Crippen molar-refractivity contribution in [1.82, 2.24) is 9.47 Å². The summed E-state index contributed by atoms with van der Waals surface area (Å²) in [4.78, 5) is 14.5. The van der Waals surface area contributed by atoms with E-state index in [2.05, 4.69) is 18.4 Å². The van der Waals surface area contributed by atoms with Gasteiger partial charge < -0.3 is 14.6 Å². The monoisotopic (exact) mass is 290 g/mol. The summed E-state index contributed by atoms with van der Waals surface area (Å²) < 4.78 is 2.31. The molecule has 2 aliphatic rings. The molecule has 2 atom stereocenters. The highest BCUT2D eigenvalue weighted by Crippen LogP contribution is 2.38. The summed E-state index contributed by atoms with van der Waals surface area (Å²) in [5.74, 6) is 0.333.